The molecular formula is C2AlIN2O. The lowest BCUT2D eigenvalue weighted by atomic mass is 11.3. The van der Waals surface area contributed by atoms with Gasteiger partial charge in [-0.25, -0.2) is 4.98 Å². The quantitative estimate of drug-likeness (QED) is 0.437. The Kier molecular flexibility index (Phi) is 1.67. The monoisotopic (exact) mass is 222 g/mol. The summed E-state index contributed by atoms with van der Waals surface area (Å²) in [6, 6.07) is 0. The Morgan fingerprint density at radius 1 is 1.71 bits per heavy atom. The van der Waals surface area contributed by atoms with Gasteiger partial charge < -0.3 is 4.52 Å². The SMILES string of the molecule is [Al][c]1nc(I)no1. The zero-order chi connectivity index (χ0) is 5.28. The molecule has 0 aliphatic rings. The van der Waals surface area contributed by atoms with Crippen molar-refractivity contribution in [2.24, 2.45) is 0 Å². The second-order valence-corrected chi connectivity index (χ2v) is 2.36. The second kappa shape index (κ2) is 2.11. The molecule has 3 nitrogen and oxygen atoms in total. The molecule has 7 heavy (non-hydrogen) atoms. The fourth-order valence-corrected chi connectivity index (χ4v) is 0.990. The lowest BCUT2D eigenvalue weighted by Crippen LogP contribution is -2.00. The standard InChI is InChI=1S/C2IN2O.Al/c3-2-4-1-6-5-2;. The van der Waals surface area contributed by atoms with Crippen molar-refractivity contribution in [3.63, 3.8) is 0 Å². The summed E-state index contributed by atoms with van der Waals surface area (Å²) in [6.45, 7) is 0. The predicted molar refractivity (Wildman–Crippen MR) is 32.4 cm³/mol. The summed E-state index contributed by atoms with van der Waals surface area (Å²) in [5.74, 6) is 0. The van der Waals surface area contributed by atoms with Crippen LogP contribution in [0.3, 0.4) is 0 Å². The van der Waals surface area contributed by atoms with Gasteiger partial charge >= 0.3 is 0 Å². The number of hydrogen-bond donors (Lipinski definition) is 0. The first-order valence-corrected chi connectivity index (χ1v) is 3.19. The molecule has 0 fully saturated rings. The van der Waals surface area contributed by atoms with Crippen molar-refractivity contribution in [1.29, 1.82) is 0 Å². The van der Waals surface area contributed by atoms with Crippen LogP contribution in [-0.4, -0.2) is 26.4 Å². The fourth-order valence-electron chi connectivity index (χ4n) is 0.216. The van der Waals surface area contributed by atoms with Crippen LogP contribution in [0, 0.1) is 3.83 Å². The van der Waals surface area contributed by atoms with Crippen molar-refractivity contribution in [1.82, 2.24) is 10.1 Å². The molecule has 0 spiro atoms. The minimum absolute atomic E-state index is 0.532. The lowest BCUT2D eigenvalue weighted by molar-refractivity contribution is 0.440. The second-order valence-electron chi connectivity index (χ2n) is 0.902. The lowest BCUT2D eigenvalue weighted by Gasteiger charge is -1.66. The van der Waals surface area contributed by atoms with E-state index in [1.54, 1.807) is 0 Å². The van der Waals surface area contributed by atoms with Crippen LogP contribution in [-0.2, 0) is 0 Å². The minimum Gasteiger partial charge on any atom is -0.363 e. The van der Waals surface area contributed by atoms with Crippen molar-refractivity contribution in [3.05, 3.63) is 3.83 Å². The van der Waals surface area contributed by atoms with Gasteiger partial charge in [0, 0.05) is 22.6 Å². The van der Waals surface area contributed by atoms with Crippen molar-refractivity contribution < 1.29 is 4.52 Å². The molecule has 0 unspecified atom stereocenters. The van der Waals surface area contributed by atoms with Gasteiger partial charge in [0.25, 0.3) is 16.3 Å². The molecule has 1 rings (SSSR count). The zero-order valence-electron chi connectivity index (χ0n) is 3.26. The molecule has 0 aromatic carbocycles. The third-order valence-electron chi connectivity index (χ3n) is 0.417. The van der Waals surface area contributed by atoms with Crippen LogP contribution in [0.25, 0.3) is 0 Å². The highest BCUT2D eigenvalue weighted by atomic mass is 127. The Labute approximate surface area is 62.0 Å². The summed E-state index contributed by atoms with van der Waals surface area (Å²) in [4.78, 5) is 3.78. The van der Waals surface area contributed by atoms with Crippen LogP contribution in [0.5, 0.6) is 0 Å². The fraction of sp³-hybridized carbons (Fsp3) is 0. The normalized spacial score (nSPS) is 9.29. The largest absolute Gasteiger partial charge is 0.363 e. The summed E-state index contributed by atoms with van der Waals surface area (Å²) in [7, 11) is 0. The molecule has 0 amide bonds. The van der Waals surface area contributed by atoms with Gasteiger partial charge in [0.05, 0.1) is 0 Å². The van der Waals surface area contributed by atoms with Gasteiger partial charge in [0.2, 0.25) is 3.83 Å². The highest BCUT2D eigenvalue weighted by Crippen LogP contribution is 1.88. The van der Waals surface area contributed by atoms with Gasteiger partial charge in [-0.1, -0.05) is 5.16 Å². The Morgan fingerprint density at radius 3 is 2.57 bits per heavy atom. The Morgan fingerprint density at radius 2 is 2.43 bits per heavy atom. The number of halogens is 1. The van der Waals surface area contributed by atoms with Crippen LogP contribution < -0.4 is 4.75 Å². The maximum absolute atomic E-state index is 4.56. The first-order chi connectivity index (χ1) is 3.29. The number of aromatic nitrogens is 2. The maximum Gasteiger partial charge on any atom is 0.282 e. The Hall–Kier alpha value is 0.402. The van der Waals surface area contributed by atoms with Gasteiger partial charge in [0.15, 0.2) is 0 Å². The maximum atomic E-state index is 4.56. The van der Waals surface area contributed by atoms with E-state index in [9.17, 15) is 0 Å². The predicted octanol–water partition coefficient (Wildman–Crippen LogP) is -0.532. The van der Waals surface area contributed by atoms with E-state index in [1.165, 1.54) is 0 Å². The number of hydrogen-bond acceptors (Lipinski definition) is 3. The molecule has 1 heterocycles. The van der Waals surface area contributed by atoms with Gasteiger partial charge in [-0.15, -0.1) is 0 Å². The molecule has 0 aliphatic heterocycles. The average Bonchev–Trinajstić information content (AvgIpc) is 1.87. The van der Waals surface area contributed by atoms with E-state index >= 15 is 0 Å². The highest BCUT2D eigenvalue weighted by Gasteiger charge is 1.90. The van der Waals surface area contributed by atoms with E-state index in [0.717, 1.165) is 0 Å². The van der Waals surface area contributed by atoms with E-state index in [-0.39, 0.29) is 0 Å². The molecule has 0 bridgehead atoms. The summed E-state index contributed by atoms with van der Waals surface area (Å²) >= 11 is 4.28. The van der Waals surface area contributed by atoms with E-state index in [2.05, 4.69) is 31.0 Å². The molecule has 34 valence electrons. The number of rotatable bonds is 0. The Bertz CT molecular complexity index is 148. The van der Waals surface area contributed by atoms with Crippen LogP contribution in [0.2, 0.25) is 0 Å². The van der Waals surface area contributed by atoms with Crippen LogP contribution in [0.1, 0.15) is 0 Å². The molecule has 0 saturated carbocycles. The third kappa shape index (κ3) is 1.40. The van der Waals surface area contributed by atoms with E-state index in [1.807, 2.05) is 22.6 Å². The molecule has 0 saturated heterocycles. The minimum atomic E-state index is 0.532. The summed E-state index contributed by atoms with van der Waals surface area (Å²) in [6.07, 6.45) is 0. The van der Waals surface area contributed by atoms with Crippen LogP contribution in [0.15, 0.2) is 4.52 Å². The molecule has 0 atom stereocenters. The molecule has 2 radical (unpaired) electrons. The summed E-state index contributed by atoms with van der Waals surface area (Å²) in [5.41, 5.74) is 0. The highest BCUT2D eigenvalue weighted by molar-refractivity contribution is 14.1. The Balaban J connectivity index is 3.04. The van der Waals surface area contributed by atoms with Crippen molar-refractivity contribution in [2.75, 3.05) is 0 Å². The molecule has 5 heteroatoms. The first kappa shape index (κ1) is 5.54. The van der Waals surface area contributed by atoms with E-state index in [4.69, 9.17) is 0 Å². The van der Waals surface area contributed by atoms with Crippen molar-refractivity contribution in [2.45, 2.75) is 0 Å². The topological polar surface area (TPSA) is 38.9 Å². The van der Waals surface area contributed by atoms with Crippen molar-refractivity contribution >= 4 is 43.6 Å². The van der Waals surface area contributed by atoms with E-state index in [0.29, 0.717) is 8.58 Å². The zero-order valence-corrected chi connectivity index (χ0v) is 6.57. The van der Waals surface area contributed by atoms with Gasteiger partial charge in [0.1, 0.15) is 4.75 Å². The van der Waals surface area contributed by atoms with Crippen molar-refractivity contribution in [3.8, 4) is 0 Å². The smallest absolute Gasteiger partial charge is 0.282 e. The first-order valence-electron chi connectivity index (χ1n) is 1.54. The molecule has 1 aromatic heterocycles. The third-order valence-corrected chi connectivity index (χ3v) is 1.09. The molecule has 0 aliphatic carbocycles. The van der Waals surface area contributed by atoms with Crippen LogP contribution in [0.4, 0.5) is 0 Å². The average molecular weight is 222 g/mol. The van der Waals surface area contributed by atoms with E-state index < -0.39 is 0 Å². The van der Waals surface area contributed by atoms with Crippen LogP contribution >= 0.6 is 22.6 Å². The summed E-state index contributed by atoms with van der Waals surface area (Å²) in [5, 5.41) is 3.50. The van der Waals surface area contributed by atoms with Gasteiger partial charge in [-0.05, 0) is 0 Å². The number of nitrogens with zero attached hydrogens (tertiary/aromatic N) is 2. The molecular weight excluding hydrogens is 222 g/mol. The molecule has 0 N–H and O–H groups in total. The summed E-state index contributed by atoms with van der Waals surface area (Å²) < 4.78 is 5.73. The van der Waals surface area contributed by atoms with Gasteiger partial charge in [-0.2, -0.15) is 0 Å². The molecule has 1 aromatic rings. The van der Waals surface area contributed by atoms with Gasteiger partial charge in [-0.3, -0.25) is 0 Å².